The van der Waals surface area contributed by atoms with E-state index in [4.69, 9.17) is 14.2 Å². The molecule has 2 aliphatic rings. The van der Waals surface area contributed by atoms with Gasteiger partial charge in [-0.3, -0.25) is 4.79 Å². The van der Waals surface area contributed by atoms with Crippen LogP contribution >= 0.6 is 0 Å². The summed E-state index contributed by atoms with van der Waals surface area (Å²) in [5, 5.41) is 3.40. The third-order valence-electron chi connectivity index (χ3n) is 6.63. The molecule has 6 heteroatoms. The van der Waals surface area contributed by atoms with Crippen LogP contribution in [0.1, 0.15) is 56.6 Å². The molecule has 184 valence electrons. The monoisotopic (exact) mass is 475 g/mol. The fraction of sp³-hybridized carbons (Fsp3) is 0.379. The van der Waals surface area contributed by atoms with Crippen LogP contribution in [0.25, 0.3) is 0 Å². The number of nitrogens with one attached hydrogen (secondary N) is 1. The fourth-order valence-electron chi connectivity index (χ4n) is 4.96. The van der Waals surface area contributed by atoms with Gasteiger partial charge in [0.2, 0.25) is 0 Å². The van der Waals surface area contributed by atoms with E-state index in [0.29, 0.717) is 42.0 Å². The maximum Gasteiger partial charge on any atom is 0.336 e. The molecular formula is C29H33NO5. The molecule has 2 atom stereocenters. The molecule has 0 radical (unpaired) electrons. The highest BCUT2D eigenvalue weighted by Crippen LogP contribution is 2.47. The van der Waals surface area contributed by atoms with E-state index < -0.39 is 11.9 Å². The third-order valence-corrected chi connectivity index (χ3v) is 6.63. The topological polar surface area (TPSA) is 73.9 Å². The van der Waals surface area contributed by atoms with Crippen molar-refractivity contribution in [1.29, 1.82) is 0 Å². The average Bonchev–Trinajstić information content (AvgIpc) is 2.86. The predicted molar refractivity (Wildman–Crippen MR) is 134 cm³/mol. The molecule has 1 N–H and O–H groups in total. The number of hydrogen-bond acceptors (Lipinski definition) is 6. The lowest BCUT2D eigenvalue weighted by Crippen LogP contribution is -2.36. The molecule has 0 fully saturated rings. The SMILES string of the molecule is COc1ccc([C@@H]2CC(=O)C3=C(C2)NC(C)=C(C(=O)OCC(C)C)[C@@H]3c2ccccc2OC)cc1. The quantitative estimate of drug-likeness (QED) is 0.551. The second-order valence-electron chi connectivity index (χ2n) is 9.52. The Morgan fingerprint density at radius 3 is 2.40 bits per heavy atom. The van der Waals surface area contributed by atoms with Crippen molar-refractivity contribution in [3.63, 3.8) is 0 Å². The van der Waals surface area contributed by atoms with E-state index in [1.807, 2.05) is 69.3 Å². The first-order chi connectivity index (χ1) is 16.8. The van der Waals surface area contributed by atoms with Crippen molar-refractivity contribution in [2.24, 2.45) is 5.92 Å². The molecule has 0 bridgehead atoms. The van der Waals surface area contributed by atoms with Crippen molar-refractivity contribution in [3.05, 3.63) is 82.2 Å². The highest BCUT2D eigenvalue weighted by molar-refractivity contribution is 6.04. The van der Waals surface area contributed by atoms with Crippen LogP contribution in [0.2, 0.25) is 0 Å². The first-order valence-electron chi connectivity index (χ1n) is 12.0. The van der Waals surface area contributed by atoms with Crippen LogP contribution in [0.5, 0.6) is 11.5 Å². The zero-order chi connectivity index (χ0) is 25.1. The molecule has 2 aromatic carbocycles. The number of benzene rings is 2. The molecule has 2 aromatic rings. The molecule has 1 heterocycles. The van der Waals surface area contributed by atoms with Crippen LogP contribution in [0.15, 0.2) is 71.1 Å². The summed E-state index contributed by atoms with van der Waals surface area (Å²) in [4.78, 5) is 27.0. The molecule has 4 rings (SSSR count). The van der Waals surface area contributed by atoms with Crippen LogP contribution in [0.3, 0.4) is 0 Å². The average molecular weight is 476 g/mol. The van der Waals surface area contributed by atoms with Gasteiger partial charge in [-0.2, -0.15) is 0 Å². The Bertz CT molecular complexity index is 1180. The maximum absolute atomic E-state index is 13.7. The summed E-state index contributed by atoms with van der Waals surface area (Å²) >= 11 is 0. The number of rotatable bonds is 7. The van der Waals surface area contributed by atoms with E-state index >= 15 is 0 Å². The van der Waals surface area contributed by atoms with Crippen LogP contribution in [0, 0.1) is 5.92 Å². The van der Waals surface area contributed by atoms with Gasteiger partial charge in [0.1, 0.15) is 11.5 Å². The lowest BCUT2D eigenvalue weighted by molar-refractivity contribution is -0.140. The van der Waals surface area contributed by atoms with Crippen LogP contribution in [-0.4, -0.2) is 32.6 Å². The van der Waals surface area contributed by atoms with Gasteiger partial charge in [-0.15, -0.1) is 0 Å². The second-order valence-corrected chi connectivity index (χ2v) is 9.52. The number of Topliss-reactive ketones (excluding diaryl/α,β-unsaturated/α-hetero) is 1. The summed E-state index contributed by atoms with van der Waals surface area (Å²) in [5.41, 5.74) is 4.53. The first-order valence-corrected chi connectivity index (χ1v) is 12.0. The Labute approximate surface area is 207 Å². The molecular weight excluding hydrogens is 442 g/mol. The summed E-state index contributed by atoms with van der Waals surface area (Å²) in [7, 11) is 3.24. The minimum absolute atomic E-state index is 0.0251. The smallest absolute Gasteiger partial charge is 0.336 e. The number of allylic oxidation sites excluding steroid dienone is 3. The molecule has 1 aliphatic heterocycles. The molecule has 0 saturated heterocycles. The van der Waals surface area contributed by atoms with E-state index in [1.165, 1.54) is 0 Å². The van der Waals surface area contributed by atoms with Gasteiger partial charge >= 0.3 is 5.97 Å². The van der Waals surface area contributed by atoms with Crippen LogP contribution in [-0.2, 0) is 14.3 Å². The third kappa shape index (κ3) is 4.97. The fourth-order valence-corrected chi connectivity index (χ4v) is 4.96. The molecule has 0 aromatic heterocycles. The van der Waals surface area contributed by atoms with E-state index in [0.717, 1.165) is 22.6 Å². The zero-order valence-electron chi connectivity index (χ0n) is 21.0. The molecule has 6 nitrogen and oxygen atoms in total. The Morgan fingerprint density at radius 1 is 1.03 bits per heavy atom. The van der Waals surface area contributed by atoms with E-state index in [1.54, 1.807) is 14.2 Å². The van der Waals surface area contributed by atoms with Crippen LogP contribution in [0.4, 0.5) is 0 Å². The number of carbonyl (C=O) groups is 2. The van der Waals surface area contributed by atoms with Gasteiger partial charge in [0.05, 0.1) is 32.3 Å². The lowest BCUT2D eigenvalue weighted by Gasteiger charge is -2.37. The van der Waals surface area contributed by atoms with E-state index in [9.17, 15) is 9.59 Å². The lowest BCUT2D eigenvalue weighted by atomic mass is 9.71. The Morgan fingerprint density at radius 2 is 1.74 bits per heavy atom. The van der Waals surface area contributed by atoms with Crippen molar-refractivity contribution in [2.75, 3.05) is 20.8 Å². The van der Waals surface area contributed by atoms with Gasteiger partial charge in [-0.25, -0.2) is 4.79 Å². The number of hydrogen-bond donors (Lipinski definition) is 1. The van der Waals surface area contributed by atoms with Gasteiger partial charge in [-0.1, -0.05) is 44.2 Å². The number of para-hydroxylation sites is 1. The Hall–Kier alpha value is -3.54. The normalized spacial score (nSPS) is 19.9. The van der Waals surface area contributed by atoms with Crippen molar-refractivity contribution in [2.45, 2.75) is 45.4 Å². The number of esters is 1. The van der Waals surface area contributed by atoms with Crippen LogP contribution < -0.4 is 14.8 Å². The van der Waals surface area contributed by atoms with Gasteiger partial charge in [0.15, 0.2) is 5.78 Å². The van der Waals surface area contributed by atoms with Gasteiger partial charge in [0, 0.05) is 29.0 Å². The summed E-state index contributed by atoms with van der Waals surface area (Å²) < 4.78 is 16.6. The molecule has 0 unspecified atom stereocenters. The molecule has 35 heavy (non-hydrogen) atoms. The largest absolute Gasteiger partial charge is 0.497 e. The molecule has 1 aliphatic carbocycles. The summed E-state index contributed by atoms with van der Waals surface area (Å²) in [6, 6.07) is 15.4. The standard InChI is InChI=1S/C29H33NO5/c1-17(2)16-35-29(32)26-18(3)30-23-14-20(19-10-12-21(33-4)13-11-19)15-24(31)28(23)27(26)22-8-6-7-9-25(22)34-5/h6-13,17,20,27,30H,14-16H2,1-5H3/t20-,27-/m0/s1. The minimum Gasteiger partial charge on any atom is -0.497 e. The molecule has 0 amide bonds. The van der Waals surface area contributed by atoms with E-state index in [-0.39, 0.29) is 17.6 Å². The molecule has 0 spiro atoms. The summed E-state index contributed by atoms with van der Waals surface area (Å²) in [6.45, 7) is 6.18. The Balaban J connectivity index is 1.77. The number of methoxy groups -OCH3 is 2. The number of ketones is 1. The maximum atomic E-state index is 13.7. The number of carbonyl (C=O) groups excluding carboxylic acids is 2. The summed E-state index contributed by atoms with van der Waals surface area (Å²) in [5.74, 6) is 0.738. The molecule has 0 saturated carbocycles. The number of dihydropyridines is 1. The Kier molecular flexibility index (Phi) is 7.29. The predicted octanol–water partition coefficient (Wildman–Crippen LogP) is 5.26. The number of ether oxygens (including phenoxy) is 3. The van der Waals surface area contributed by atoms with E-state index in [2.05, 4.69) is 5.32 Å². The van der Waals surface area contributed by atoms with Gasteiger partial charge in [-0.05, 0) is 48.9 Å². The summed E-state index contributed by atoms with van der Waals surface area (Å²) in [6.07, 6.45) is 1.04. The van der Waals surface area contributed by atoms with Crippen molar-refractivity contribution in [3.8, 4) is 11.5 Å². The first kappa shape index (κ1) is 24.6. The van der Waals surface area contributed by atoms with Gasteiger partial charge in [0.25, 0.3) is 0 Å². The van der Waals surface area contributed by atoms with Crippen molar-refractivity contribution in [1.82, 2.24) is 5.32 Å². The second kappa shape index (κ2) is 10.4. The minimum atomic E-state index is -0.550. The van der Waals surface area contributed by atoms with Gasteiger partial charge < -0.3 is 19.5 Å². The highest BCUT2D eigenvalue weighted by Gasteiger charge is 2.42. The van der Waals surface area contributed by atoms with Crippen molar-refractivity contribution < 1.29 is 23.8 Å². The zero-order valence-corrected chi connectivity index (χ0v) is 21.0. The van der Waals surface area contributed by atoms with Crippen molar-refractivity contribution >= 4 is 11.8 Å². The highest BCUT2D eigenvalue weighted by atomic mass is 16.5.